The molecule has 0 atom stereocenters. The number of aryl methyl sites for hydroxylation is 1. The van der Waals surface area contributed by atoms with Gasteiger partial charge in [0.05, 0.1) is 12.8 Å². The van der Waals surface area contributed by atoms with Crippen molar-refractivity contribution in [2.75, 3.05) is 26.8 Å². The van der Waals surface area contributed by atoms with E-state index in [0.29, 0.717) is 12.2 Å². The van der Waals surface area contributed by atoms with Crippen LogP contribution in [0.3, 0.4) is 0 Å². The van der Waals surface area contributed by atoms with E-state index in [2.05, 4.69) is 15.6 Å². The highest BCUT2D eigenvalue weighted by molar-refractivity contribution is 5.88. The van der Waals surface area contributed by atoms with E-state index in [0.717, 1.165) is 44.5 Å². The quantitative estimate of drug-likeness (QED) is 0.576. The standard InChI is InChI=1S/C13H22N4O3/c1-20-13(19)11-12(10-4-6-14-7-5-10)17(16-15-11)8-2-3-9-18/h10,14,18H,2-9H2,1H3. The molecule has 7 heteroatoms. The highest BCUT2D eigenvalue weighted by Gasteiger charge is 2.28. The summed E-state index contributed by atoms with van der Waals surface area (Å²) in [5.41, 5.74) is 1.22. The summed E-state index contributed by atoms with van der Waals surface area (Å²) < 4.78 is 6.60. The maximum atomic E-state index is 11.8. The van der Waals surface area contributed by atoms with E-state index in [4.69, 9.17) is 9.84 Å². The van der Waals surface area contributed by atoms with Crippen LogP contribution in [-0.4, -0.2) is 52.9 Å². The summed E-state index contributed by atoms with van der Waals surface area (Å²) in [6.45, 7) is 2.71. The average Bonchev–Trinajstić information content (AvgIpc) is 2.91. The van der Waals surface area contributed by atoms with Crippen LogP contribution in [0.2, 0.25) is 0 Å². The Kier molecular flexibility index (Phi) is 5.49. The summed E-state index contributed by atoms with van der Waals surface area (Å²) in [5.74, 6) is -0.138. The molecule has 0 aliphatic carbocycles. The molecule has 0 amide bonds. The summed E-state index contributed by atoms with van der Waals surface area (Å²) in [6, 6.07) is 0. The number of carbonyl (C=O) groups is 1. The van der Waals surface area contributed by atoms with E-state index >= 15 is 0 Å². The third-order valence-electron chi connectivity index (χ3n) is 3.66. The van der Waals surface area contributed by atoms with Crippen LogP contribution in [0.1, 0.15) is 47.8 Å². The lowest BCUT2D eigenvalue weighted by Gasteiger charge is -2.23. The molecule has 7 nitrogen and oxygen atoms in total. The molecule has 20 heavy (non-hydrogen) atoms. The van der Waals surface area contributed by atoms with Gasteiger partial charge in [0.15, 0.2) is 5.69 Å². The maximum Gasteiger partial charge on any atom is 0.360 e. The van der Waals surface area contributed by atoms with Crippen LogP contribution >= 0.6 is 0 Å². The second-order valence-electron chi connectivity index (χ2n) is 4.99. The minimum atomic E-state index is -0.424. The van der Waals surface area contributed by atoms with Gasteiger partial charge in [0.1, 0.15) is 0 Å². The second-order valence-corrected chi connectivity index (χ2v) is 4.99. The molecule has 0 bridgehead atoms. The van der Waals surface area contributed by atoms with E-state index in [9.17, 15) is 4.79 Å². The second kappa shape index (κ2) is 7.35. The molecule has 0 unspecified atom stereocenters. The summed E-state index contributed by atoms with van der Waals surface area (Å²) in [5, 5.41) is 20.3. The lowest BCUT2D eigenvalue weighted by molar-refractivity contribution is 0.0591. The van der Waals surface area contributed by atoms with Crippen LogP contribution in [0.15, 0.2) is 0 Å². The van der Waals surface area contributed by atoms with Crippen LogP contribution in [0.25, 0.3) is 0 Å². The fourth-order valence-corrected chi connectivity index (χ4v) is 2.60. The van der Waals surface area contributed by atoms with Gasteiger partial charge in [-0.15, -0.1) is 5.10 Å². The number of hydrogen-bond donors (Lipinski definition) is 2. The molecule has 1 saturated heterocycles. The van der Waals surface area contributed by atoms with Crippen molar-refractivity contribution in [3.05, 3.63) is 11.4 Å². The molecule has 1 aliphatic heterocycles. The Morgan fingerprint density at radius 2 is 2.20 bits per heavy atom. The van der Waals surface area contributed by atoms with E-state index in [1.54, 1.807) is 4.68 Å². The fourth-order valence-electron chi connectivity index (χ4n) is 2.60. The zero-order chi connectivity index (χ0) is 14.4. The number of nitrogens with one attached hydrogen (secondary N) is 1. The number of aliphatic hydroxyl groups excluding tert-OH is 1. The summed E-state index contributed by atoms with van der Waals surface area (Å²) in [6.07, 6.45) is 3.48. The number of hydrogen-bond acceptors (Lipinski definition) is 6. The number of methoxy groups -OCH3 is 1. The number of aliphatic hydroxyl groups is 1. The maximum absolute atomic E-state index is 11.8. The van der Waals surface area contributed by atoms with Gasteiger partial charge in [0.2, 0.25) is 0 Å². The molecule has 1 aromatic heterocycles. The molecule has 0 saturated carbocycles. The van der Waals surface area contributed by atoms with Gasteiger partial charge in [-0.25, -0.2) is 9.48 Å². The predicted molar refractivity (Wildman–Crippen MR) is 72.5 cm³/mol. The Morgan fingerprint density at radius 1 is 1.45 bits per heavy atom. The highest BCUT2D eigenvalue weighted by Crippen LogP contribution is 2.27. The van der Waals surface area contributed by atoms with Gasteiger partial charge in [0, 0.05) is 19.1 Å². The van der Waals surface area contributed by atoms with E-state index in [1.165, 1.54) is 7.11 Å². The topological polar surface area (TPSA) is 89.3 Å². The minimum absolute atomic E-state index is 0.168. The van der Waals surface area contributed by atoms with Gasteiger partial charge < -0.3 is 15.2 Å². The molecule has 2 N–H and O–H groups in total. The molecular formula is C13H22N4O3. The Balaban J connectivity index is 2.21. The van der Waals surface area contributed by atoms with Crippen LogP contribution < -0.4 is 5.32 Å². The predicted octanol–water partition coefficient (Wildman–Crippen LogP) is 0.304. The Bertz CT molecular complexity index is 441. The summed E-state index contributed by atoms with van der Waals surface area (Å²) >= 11 is 0. The number of ether oxygens (including phenoxy) is 1. The van der Waals surface area contributed by atoms with Crippen molar-refractivity contribution >= 4 is 5.97 Å². The number of rotatable bonds is 6. The number of unbranched alkanes of at least 4 members (excludes halogenated alkanes) is 1. The first-order valence-electron chi connectivity index (χ1n) is 7.11. The molecule has 2 rings (SSSR count). The molecular weight excluding hydrogens is 260 g/mol. The van der Waals surface area contributed by atoms with Gasteiger partial charge in [-0.2, -0.15) is 0 Å². The Morgan fingerprint density at radius 3 is 2.85 bits per heavy atom. The van der Waals surface area contributed by atoms with Crippen molar-refractivity contribution in [2.24, 2.45) is 0 Å². The van der Waals surface area contributed by atoms with Crippen LogP contribution in [0.5, 0.6) is 0 Å². The van der Waals surface area contributed by atoms with Crippen molar-refractivity contribution in [3.63, 3.8) is 0 Å². The van der Waals surface area contributed by atoms with Gasteiger partial charge in [-0.3, -0.25) is 0 Å². The highest BCUT2D eigenvalue weighted by atomic mass is 16.5. The van der Waals surface area contributed by atoms with Gasteiger partial charge in [-0.05, 0) is 38.8 Å². The van der Waals surface area contributed by atoms with Crippen molar-refractivity contribution in [1.29, 1.82) is 0 Å². The van der Waals surface area contributed by atoms with Crippen molar-refractivity contribution in [2.45, 2.75) is 38.1 Å². The monoisotopic (exact) mass is 282 g/mol. The van der Waals surface area contributed by atoms with Crippen molar-refractivity contribution < 1.29 is 14.6 Å². The summed E-state index contributed by atoms with van der Waals surface area (Å²) in [7, 11) is 1.36. The van der Waals surface area contributed by atoms with E-state index in [1.807, 2.05) is 0 Å². The van der Waals surface area contributed by atoms with Crippen LogP contribution in [0.4, 0.5) is 0 Å². The normalized spacial score (nSPS) is 16.3. The molecule has 1 fully saturated rings. The third kappa shape index (κ3) is 3.34. The lowest BCUT2D eigenvalue weighted by atomic mass is 9.93. The number of esters is 1. The molecule has 2 heterocycles. The first kappa shape index (κ1) is 14.9. The molecule has 1 aromatic rings. The molecule has 0 radical (unpaired) electrons. The SMILES string of the molecule is COC(=O)c1nnn(CCCCO)c1C1CCNCC1. The number of nitrogens with zero attached hydrogens (tertiary/aromatic N) is 3. The zero-order valence-electron chi connectivity index (χ0n) is 11.8. The van der Waals surface area contributed by atoms with Gasteiger partial charge in [0.25, 0.3) is 0 Å². The molecule has 0 spiro atoms. The van der Waals surface area contributed by atoms with Crippen molar-refractivity contribution in [1.82, 2.24) is 20.3 Å². The van der Waals surface area contributed by atoms with Crippen LogP contribution in [-0.2, 0) is 11.3 Å². The number of aromatic nitrogens is 3. The smallest absolute Gasteiger partial charge is 0.360 e. The first-order valence-corrected chi connectivity index (χ1v) is 7.11. The van der Waals surface area contributed by atoms with Crippen molar-refractivity contribution in [3.8, 4) is 0 Å². The zero-order valence-corrected chi connectivity index (χ0v) is 11.8. The Hall–Kier alpha value is -1.47. The third-order valence-corrected chi connectivity index (χ3v) is 3.66. The van der Waals surface area contributed by atoms with Gasteiger partial charge in [-0.1, -0.05) is 5.21 Å². The number of carbonyl (C=O) groups excluding carboxylic acids is 1. The first-order chi connectivity index (χ1) is 9.77. The van der Waals surface area contributed by atoms with Gasteiger partial charge >= 0.3 is 5.97 Å². The molecule has 1 aliphatic rings. The largest absolute Gasteiger partial charge is 0.464 e. The molecule has 112 valence electrons. The van der Waals surface area contributed by atoms with E-state index in [-0.39, 0.29) is 12.5 Å². The molecule has 0 aromatic carbocycles. The Labute approximate surface area is 118 Å². The van der Waals surface area contributed by atoms with E-state index < -0.39 is 5.97 Å². The van der Waals surface area contributed by atoms with Crippen LogP contribution in [0, 0.1) is 0 Å². The number of piperidine rings is 1. The minimum Gasteiger partial charge on any atom is -0.464 e. The fraction of sp³-hybridized carbons (Fsp3) is 0.769. The average molecular weight is 282 g/mol. The summed E-state index contributed by atoms with van der Waals surface area (Å²) in [4.78, 5) is 11.8. The lowest BCUT2D eigenvalue weighted by Crippen LogP contribution is -2.29.